The van der Waals surface area contributed by atoms with Crippen LogP contribution >= 0.6 is 22.9 Å². The molecule has 31 heavy (non-hydrogen) atoms. The SMILES string of the molecule is Cc1ccc2sc(N(CCN3CCOCC3)C(=O)/C=C/c3ccccc3Cl)nc2c1C. The summed E-state index contributed by atoms with van der Waals surface area (Å²) in [6, 6.07) is 11.7. The molecule has 7 heteroatoms. The van der Waals surface area contributed by atoms with Gasteiger partial charge in [0.05, 0.1) is 23.4 Å². The summed E-state index contributed by atoms with van der Waals surface area (Å²) in [6.45, 7) is 8.76. The van der Waals surface area contributed by atoms with Crippen LogP contribution in [0.2, 0.25) is 5.02 Å². The summed E-state index contributed by atoms with van der Waals surface area (Å²) >= 11 is 7.81. The lowest BCUT2D eigenvalue weighted by Crippen LogP contribution is -2.42. The van der Waals surface area contributed by atoms with Crippen molar-refractivity contribution in [2.75, 3.05) is 44.3 Å². The molecule has 0 unspecified atom stereocenters. The first-order valence-electron chi connectivity index (χ1n) is 10.4. The fourth-order valence-electron chi connectivity index (χ4n) is 3.56. The molecule has 0 bridgehead atoms. The van der Waals surface area contributed by atoms with Crippen molar-refractivity contribution in [1.82, 2.24) is 9.88 Å². The molecular formula is C24H26ClN3O2S. The van der Waals surface area contributed by atoms with Crippen molar-refractivity contribution in [3.63, 3.8) is 0 Å². The Morgan fingerprint density at radius 1 is 1.23 bits per heavy atom. The summed E-state index contributed by atoms with van der Waals surface area (Å²) in [4.78, 5) is 22.2. The van der Waals surface area contributed by atoms with Gasteiger partial charge in [0.2, 0.25) is 0 Å². The summed E-state index contributed by atoms with van der Waals surface area (Å²) < 4.78 is 6.54. The highest BCUT2D eigenvalue weighted by Gasteiger charge is 2.21. The van der Waals surface area contributed by atoms with Crippen molar-refractivity contribution in [1.29, 1.82) is 0 Å². The summed E-state index contributed by atoms with van der Waals surface area (Å²) in [7, 11) is 0. The van der Waals surface area contributed by atoms with E-state index in [1.165, 1.54) is 5.56 Å². The molecule has 0 spiro atoms. The van der Waals surface area contributed by atoms with E-state index in [2.05, 4.69) is 30.9 Å². The predicted octanol–water partition coefficient (Wildman–Crippen LogP) is 4.95. The second kappa shape index (κ2) is 9.92. The van der Waals surface area contributed by atoms with E-state index in [0.717, 1.165) is 59.3 Å². The molecule has 0 atom stereocenters. The van der Waals surface area contributed by atoms with Crippen LogP contribution in [0.4, 0.5) is 5.13 Å². The van der Waals surface area contributed by atoms with Gasteiger partial charge in [0.15, 0.2) is 5.13 Å². The topological polar surface area (TPSA) is 45.7 Å². The molecule has 0 saturated carbocycles. The smallest absolute Gasteiger partial charge is 0.252 e. The van der Waals surface area contributed by atoms with Crippen LogP contribution in [0.3, 0.4) is 0 Å². The Kier molecular flexibility index (Phi) is 7.02. The van der Waals surface area contributed by atoms with E-state index >= 15 is 0 Å². The quantitative estimate of drug-likeness (QED) is 0.493. The summed E-state index contributed by atoms with van der Waals surface area (Å²) in [5, 5.41) is 1.35. The second-order valence-electron chi connectivity index (χ2n) is 7.65. The number of ether oxygens (including phenoxy) is 1. The number of hydrogen-bond donors (Lipinski definition) is 0. The minimum atomic E-state index is -0.0957. The van der Waals surface area contributed by atoms with E-state index in [9.17, 15) is 4.79 Å². The number of nitrogens with zero attached hydrogens (tertiary/aromatic N) is 3. The molecule has 1 aliphatic heterocycles. The molecule has 162 valence electrons. The zero-order valence-corrected chi connectivity index (χ0v) is 19.4. The van der Waals surface area contributed by atoms with Crippen LogP contribution in [0.5, 0.6) is 0 Å². The average Bonchev–Trinajstić information content (AvgIpc) is 3.21. The van der Waals surface area contributed by atoms with Gasteiger partial charge in [-0.05, 0) is 48.7 Å². The highest BCUT2D eigenvalue weighted by atomic mass is 35.5. The minimum Gasteiger partial charge on any atom is -0.379 e. The number of carbonyl (C=O) groups is 1. The number of thiazole rings is 1. The van der Waals surface area contributed by atoms with Gasteiger partial charge in [-0.15, -0.1) is 0 Å². The maximum absolute atomic E-state index is 13.2. The molecule has 3 aromatic rings. The molecule has 1 saturated heterocycles. The lowest BCUT2D eigenvalue weighted by molar-refractivity contribution is -0.114. The van der Waals surface area contributed by atoms with E-state index in [1.807, 2.05) is 24.3 Å². The third-order valence-corrected chi connectivity index (χ3v) is 7.01. The number of rotatable bonds is 6. The van der Waals surface area contributed by atoms with Crippen LogP contribution in [0.15, 0.2) is 42.5 Å². The van der Waals surface area contributed by atoms with Gasteiger partial charge in [-0.2, -0.15) is 0 Å². The van der Waals surface area contributed by atoms with Crippen molar-refractivity contribution in [2.45, 2.75) is 13.8 Å². The van der Waals surface area contributed by atoms with Crippen LogP contribution in [0.1, 0.15) is 16.7 Å². The molecule has 0 radical (unpaired) electrons. The highest BCUT2D eigenvalue weighted by molar-refractivity contribution is 7.22. The summed E-state index contributed by atoms with van der Waals surface area (Å²) in [5.41, 5.74) is 4.15. The molecule has 2 heterocycles. The number of fused-ring (bicyclic) bond motifs is 1. The maximum Gasteiger partial charge on any atom is 0.252 e. The van der Waals surface area contributed by atoms with E-state index in [-0.39, 0.29) is 5.91 Å². The molecule has 4 rings (SSSR count). The van der Waals surface area contributed by atoms with Gasteiger partial charge in [-0.3, -0.25) is 14.6 Å². The first-order valence-corrected chi connectivity index (χ1v) is 11.6. The zero-order chi connectivity index (χ0) is 21.8. The highest BCUT2D eigenvalue weighted by Crippen LogP contribution is 2.32. The number of halogens is 1. The van der Waals surface area contributed by atoms with Gasteiger partial charge in [-0.1, -0.05) is 47.2 Å². The number of benzene rings is 2. The van der Waals surface area contributed by atoms with E-state index in [4.69, 9.17) is 21.3 Å². The Labute approximate surface area is 191 Å². The van der Waals surface area contributed by atoms with Crippen molar-refractivity contribution in [2.24, 2.45) is 0 Å². The van der Waals surface area contributed by atoms with Gasteiger partial charge in [-0.25, -0.2) is 4.98 Å². The van der Waals surface area contributed by atoms with Crippen molar-refractivity contribution in [3.05, 3.63) is 64.2 Å². The molecular weight excluding hydrogens is 430 g/mol. The molecule has 1 fully saturated rings. The Hall–Kier alpha value is -2.25. The fourth-order valence-corrected chi connectivity index (χ4v) is 4.81. The Bertz CT molecular complexity index is 1110. The second-order valence-corrected chi connectivity index (χ2v) is 9.07. The molecule has 0 N–H and O–H groups in total. The van der Waals surface area contributed by atoms with Gasteiger partial charge < -0.3 is 4.74 Å². The molecule has 1 amide bonds. The molecule has 0 aliphatic carbocycles. The van der Waals surface area contributed by atoms with Crippen molar-refractivity contribution < 1.29 is 9.53 Å². The lowest BCUT2D eigenvalue weighted by atomic mass is 10.1. The number of aryl methyl sites for hydroxylation is 2. The van der Waals surface area contributed by atoms with E-state index in [0.29, 0.717) is 11.6 Å². The molecule has 1 aliphatic rings. The van der Waals surface area contributed by atoms with E-state index < -0.39 is 0 Å². The Morgan fingerprint density at radius 2 is 2.00 bits per heavy atom. The lowest BCUT2D eigenvalue weighted by Gasteiger charge is -2.28. The average molecular weight is 456 g/mol. The predicted molar refractivity (Wildman–Crippen MR) is 129 cm³/mol. The number of hydrogen-bond acceptors (Lipinski definition) is 5. The minimum absolute atomic E-state index is 0.0957. The van der Waals surface area contributed by atoms with Crippen LogP contribution in [-0.2, 0) is 9.53 Å². The standard InChI is InChI=1S/C24H26ClN3O2S/c1-17-7-9-21-23(18(17)2)26-24(31-21)28(12-11-27-13-15-30-16-14-27)22(29)10-8-19-5-3-4-6-20(19)25/h3-10H,11-16H2,1-2H3/b10-8+. The van der Waals surface area contributed by atoms with Crippen molar-refractivity contribution >= 4 is 50.3 Å². The van der Waals surface area contributed by atoms with Crippen LogP contribution in [0.25, 0.3) is 16.3 Å². The number of anilines is 1. The number of carbonyl (C=O) groups excluding carboxylic acids is 1. The number of aromatic nitrogens is 1. The number of amides is 1. The summed E-state index contributed by atoms with van der Waals surface area (Å²) in [6.07, 6.45) is 3.36. The Balaban J connectivity index is 1.61. The monoisotopic (exact) mass is 455 g/mol. The van der Waals surface area contributed by atoms with Crippen LogP contribution in [0, 0.1) is 13.8 Å². The Morgan fingerprint density at radius 3 is 2.77 bits per heavy atom. The normalized spacial score (nSPS) is 15.1. The first kappa shape index (κ1) is 22.0. The zero-order valence-electron chi connectivity index (χ0n) is 17.8. The molecule has 5 nitrogen and oxygen atoms in total. The van der Waals surface area contributed by atoms with Gasteiger partial charge in [0.25, 0.3) is 5.91 Å². The van der Waals surface area contributed by atoms with Gasteiger partial charge >= 0.3 is 0 Å². The third kappa shape index (κ3) is 5.15. The van der Waals surface area contributed by atoms with E-state index in [1.54, 1.807) is 28.4 Å². The van der Waals surface area contributed by atoms with Crippen molar-refractivity contribution in [3.8, 4) is 0 Å². The largest absolute Gasteiger partial charge is 0.379 e. The van der Waals surface area contributed by atoms with Gasteiger partial charge in [0.1, 0.15) is 0 Å². The fraction of sp³-hybridized carbons (Fsp3) is 0.333. The molecule has 2 aromatic carbocycles. The van der Waals surface area contributed by atoms with Crippen LogP contribution in [-0.4, -0.2) is 55.2 Å². The van der Waals surface area contributed by atoms with Gasteiger partial charge in [0, 0.05) is 37.3 Å². The molecule has 1 aromatic heterocycles. The third-order valence-electron chi connectivity index (χ3n) is 5.62. The van der Waals surface area contributed by atoms with Crippen LogP contribution < -0.4 is 4.90 Å². The maximum atomic E-state index is 13.2. The first-order chi connectivity index (χ1) is 15.0. The summed E-state index contributed by atoms with van der Waals surface area (Å²) in [5.74, 6) is -0.0957. The number of morpholine rings is 1.